The van der Waals surface area contributed by atoms with E-state index in [1.54, 1.807) is 17.0 Å². The molecule has 0 spiro atoms. The number of aliphatic carboxylic acids is 1. The number of aryl methyl sites for hydroxylation is 2. The number of carboxylic acids is 1. The minimum absolute atomic E-state index is 0.182. The van der Waals surface area contributed by atoms with Crippen molar-refractivity contribution in [2.45, 2.75) is 20.8 Å². The molecular weight excluding hydrogens is 603 g/mol. The second-order valence-electron chi connectivity index (χ2n) is 8.26. The number of nitrogens with zero attached hydrogens (tertiary/aromatic N) is 2. The second-order valence-corrected chi connectivity index (χ2v) is 10.4. The van der Waals surface area contributed by atoms with Gasteiger partial charge in [-0.3, -0.25) is 9.69 Å². The number of benzene rings is 3. The first-order chi connectivity index (χ1) is 17.7. The molecule has 3 aromatic carbocycles. The van der Waals surface area contributed by atoms with Crippen LogP contribution < -0.4 is 14.4 Å². The number of halogens is 1. The lowest BCUT2D eigenvalue weighted by Gasteiger charge is -2.16. The van der Waals surface area contributed by atoms with Gasteiger partial charge in [0, 0.05) is 0 Å². The van der Waals surface area contributed by atoms with Gasteiger partial charge in [-0.25, -0.2) is 9.79 Å². The minimum atomic E-state index is -1.08. The van der Waals surface area contributed by atoms with Crippen molar-refractivity contribution in [1.29, 1.82) is 0 Å². The molecule has 9 heteroatoms. The fourth-order valence-corrected chi connectivity index (χ4v) is 5.34. The highest BCUT2D eigenvalue weighted by Gasteiger charge is 2.35. The van der Waals surface area contributed by atoms with E-state index in [9.17, 15) is 9.59 Å². The Morgan fingerprint density at radius 3 is 2.32 bits per heavy atom. The van der Waals surface area contributed by atoms with Gasteiger partial charge in [-0.15, -0.1) is 0 Å². The summed E-state index contributed by atoms with van der Waals surface area (Å²) in [5.74, 6) is -0.477. The zero-order valence-corrected chi connectivity index (χ0v) is 23.5. The van der Waals surface area contributed by atoms with Gasteiger partial charge in [-0.05, 0) is 103 Å². The summed E-state index contributed by atoms with van der Waals surface area (Å²) in [7, 11) is 0. The van der Waals surface area contributed by atoms with Crippen LogP contribution in [0.1, 0.15) is 23.6 Å². The number of carboxylic acid groups (broad SMARTS) is 1. The topological polar surface area (TPSA) is 88.4 Å². The van der Waals surface area contributed by atoms with E-state index in [1.165, 1.54) is 11.8 Å². The predicted octanol–water partition coefficient (Wildman–Crippen LogP) is 6.58. The molecule has 1 aliphatic rings. The van der Waals surface area contributed by atoms with E-state index in [4.69, 9.17) is 19.6 Å². The van der Waals surface area contributed by atoms with E-state index in [1.807, 2.05) is 75.4 Å². The molecule has 0 bridgehead atoms. The molecule has 0 unspecified atom stereocenters. The molecule has 1 aliphatic heterocycles. The SMILES string of the molecule is CCOc1cc(/C=C2/SC(=Nc3ccc(C)cc3)N(c3ccc(C)cc3)C2=O)cc(I)c1OCC(=O)O. The summed E-state index contributed by atoms with van der Waals surface area (Å²) in [5.41, 5.74) is 4.45. The Balaban J connectivity index is 1.74. The van der Waals surface area contributed by atoms with Crippen LogP contribution in [0.25, 0.3) is 6.08 Å². The van der Waals surface area contributed by atoms with Crippen LogP contribution in [0.3, 0.4) is 0 Å². The highest BCUT2D eigenvalue weighted by Crippen LogP contribution is 2.40. The number of amidine groups is 1. The average Bonchev–Trinajstić information content (AvgIpc) is 3.15. The minimum Gasteiger partial charge on any atom is -0.490 e. The summed E-state index contributed by atoms with van der Waals surface area (Å²) in [6, 6.07) is 19.1. The summed E-state index contributed by atoms with van der Waals surface area (Å²) in [6.45, 7) is 5.75. The first-order valence-corrected chi connectivity index (χ1v) is 13.4. The number of hydrogen-bond donors (Lipinski definition) is 1. The second kappa shape index (κ2) is 11.8. The van der Waals surface area contributed by atoms with Crippen molar-refractivity contribution in [3.63, 3.8) is 0 Å². The van der Waals surface area contributed by atoms with Gasteiger partial charge in [-0.1, -0.05) is 35.4 Å². The number of hydrogen-bond acceptors (Lipinski definition) is 6. The Labute approximate surface area is 233 Å². The summed E-state index contributed by atoms with van der Waals surface area (Å²) < 4.78 is 11.8. The van der Waals surface area contributed by atoms with Gasteiger partial charge in [-0.2, -0.15) is 0 Å². The van der Waals surface area contributed by atoms with Crippen LogP contribution in [0.2, 0.25) is 0 Å². The lowest BCUT2D eigenvalue weighted by Crippen LogP contribution is -2.28. The Hall–Kier alpha value is -3.31. The van der Waals surface area contributed by atoms with Crippen molar-refractivity contribution >= 4 is 68.8 Å². The maximum absolute atomic E-state index is 13.6. The van der Waals surface area contributed by atoms with Crippen LogP contribution in [0.15, 0.2) is 70.6 Å². The Morgan fingerprint density at radius 1 is 1.05 bits per heavy atom. The molecule has 1 amide bonds. The fourth-order valence-electron chi connectivity index (χ4n) is 3.56. The molecule has 0 radical (unpaired) electrons. The largest absolute Gasteiger partial charge is 0.490 e. The Kier molecular flexibility index (Phi) is 8.55. The monoisotopic (exact) mass is 628 g/mol. The van der Waals surface area contributed by atoms with E-state index in [2.05, 4.69) is 22.6 Å². The molecule has 7 nitrogen and oxygen atoms in total. The van der Waals surface area contributed by atoms with Crippen LogP contribution in [0.4, 0.5) is 11.4 Å². The van der Waals surface area contributed by atoms with E-state index in [0.717, 1.165) is 28.1 Å². The van der Waals surface area contributed by atoms with Gasteiger partial charge in [0.1, 0.15) is 0 Å². The molecule has 0 aromatic heterocycles. The van der Waals surface area contributed by atoms with Gasteiger partial charge in [0.2, 0.25) is 0 Å². The van der Waals surface area contributed by atoms with Gasteiger partial charge < -0.3 is 14.6 Å². The third-order valence-corrected chi connectivity index (χ3v) is 7.10. The quantitative estimate of drug-likeness (QED) is 0.224. The smallest absolute Gasteiger partial charge is 0.341 e. The number of aliphatic imine (C=N–C) groups is 1. The van der Waals surface area contributed by atoms with Crippen molar-refractivity contribution in [2.75, 3.05) is 18.1 Å². The summed E-state index contributed by atoms with van der Waals surface area (Å²) in [4.78, 5) is 31.5. The summed E-state index contributed by atoms with van der Waals surface area (Å²) >= 11 is 3.37. The standard InChI is InChI=1S/C28H25IN2O5S/c1-4-35-23-14-19(13-22(29)26(23)36-16-25(32)33)15-24-27(34)31(21-11-7-18(3)8-12-21)28(37-24)30-20-9-5-17(2)6-10-20/h5-15H,4,16H2,1-3H3,(H,32,33)/b24-15+,30-28?. The predicted molar refractivity (Wildman–Crippen MR) is 156 cm³/mol. The number of carbonyl (C=O) groups excluding carboxylic acids is 1. The van der Waals surface area contributed by atoms with E-state index in [0.29, 0.717) is 31.7 Å². The van der Waals surface area contributed by atoms with Gasteiger partial charge in [0.05, 0.1) is 26.5 Å². The number of thioether (sulfide) groups is 1. The molecule has 1 N–H and O–H groups in total. The first kappa shape index (κ1) is 26.7. The number of rotatable bonds is 8. The Morgan fingerprint density at radius 2 is 1.70 bits per heavy atom. The fraction of sp³-hybridized carbons (Fsp3) is 0.179. The molecule has 190 valence electrons. The number of ether oxygens (including phenoxy) is 2. The van der Waals surface area contributed by atoms with Gasteiger partial charge in [0.25, 0.3) is 5.91 Å². The zero-order chi connectivity index (χ0) is 26.5. The van der Waals surface area contributed by atoms with Crippen LogP contribution in [0.5, 0.6) is 11.5 Å². The highest BCUT2D eigenvalue weighted by atomic mass is 127. The third kappa shape index (κ3) is 6.53. The number of amides is 1. The highest BCUT2D eigenvalue weighted by molar-refractivity contribution is 14.1. The van der Waals surface area contributed by atoms with Crippen molar-refractivity contribution < 1.29 is 24.2 Å². The van der Waals surface area contributed by atoms with E-state index >= 15 is 0 Å². The Bertz CT molecular complexity index is 1380. The molecule has 3 aromatic rings. The van der Waals surface area contributed by atoms with Crippen molar-refractivity contribution in [2.24, 2.45) is 4.99 Å². The summed E-state index contributed by atoms with van der Waals surface area (Å²) in [5, 5.41) is 9.56. The first-order valence-electron chi connectivity index (χ1n) is 11.5. The molecule has 0 atom stereocenters. The van der Waals surface area contributed by atoms with Crippen LogP contribution in [-0.4, -0.2) is 35.4 Å². The molecular formula is C28H25IN2O5S. The molecule has 0 saturated carbocycles. The molecule has 1 saturated heterocycles. The van der Waals surface area contributed by atoms with Crippen LogP contribution in [-0.2, 0) is 9.59 Å². The van der Waals surface area contributed by atoms with Gasteiger partial charge >= 0.3 is 5.97 Å². The molecule has 1 fully saturated rings. The molecule has 0 aliphatic carbocycles. The third-order valence-electron chi connectivity index (χ3n) is 5.33. The zero-order valence-electron chi connectivity index (χ0n) is 20.5. The van der Waals surface area contributed by atoms with Crippen molar-refractivity contribution in [3.05, 3.63) is 85.8 Å². The number of carbonyl (C=O) groups is 2. The number of anilines is 1. The van der Waals surface area contributed by atoms with E-state index in [-0.39, 0.29) is 5.91 Å². The van der Waals surface area contributed by atoms with Crippen molar-refractivity contribution in [3.8, 4) is 11.5 Å². The average molecular weight is 628 g/mol. The lowest BCUT2D eigenvalue weighted by molar-refractivity contribution is -0.139. The van der Waals surface area contributed by atoms with Crippen LogP contribution in [0, 0.1) is 17.4 Å². The molecule has 4 rings (SSSR count). The maximum Gasteiger partial charge on any atom is 0.341 e. The maximum atomic E-state index is 13.6. The summed E-state index contributed by atoms with van der Waals surface area (Å²) in [6.07, 6.45) is 1.79. The normalized spacial score (nSPS) is 15.5. The van der Waals surface area contributed by atoms with E-state index < -0.39 is 12.6 Å². The molecule has 37 heavy (non-hydrogen) atoms. The lowest BCUT2D eigenvalue weighted by atomic mass is 10.1. The molecule has 1 heterocycles. The van der Waals surface area contributed by atoms with Crippen LogP contribution >= 0.6 is 34.4 Å². The van der Waals surface area contributed by atoms with Gasteiger partial charge in [0.15, 0.2) is 23.3 Å². The van der Waals surface area contributed by atoms with Crippen molar-refractivity contribution in [1.82, 2.24) is 0 Å².